The summed E-state index contributed by atoms with van der Waals surface area (Å²) in [5.41, 5.74) is 1.04. The number of benzene rings is 2. The van der Waals surface area contributed by atoms with Crippen molar-refractivity contribution < 1.29 is 22.7 Å². The molecule has 2 aromatic carbocycles. The van der Waals surface area contributed by atoms with Crippen molar-refractivity contribution in [1.82, 2.24) is 4.72 Å². The number of ether oxygens (including phenoxy) is 2. The summed E-state index contributed by atoms with van der Waals surface area (Å²) in [4.78, 5) is 12.2. The summed E-state index contributed by atoms with van der Waals surface area (Å²) in [5, 5.41) is 0. The highest BCUT2D eigenvalue weighted by molar-refractivity contribution is 7.89. The highest BCUT2D eigenvalue weighted by Crippen LogP contribution is 2.29. The summed E-state index contributed by atoms with van der Waals surface area (Å²) in [5.74, 6) is 1.35. The van der Waals surface area contributed by atoms with Crippen LogP contribution in [0.1, 0.15) is 77.2 Å². The van der Waals surface area contributed by atoms with Gasteiger partial charge < -0.3 is 9.47 Å². The van der Waals surface area contributed by atoms with E-state index in [1.54, 1.807) is 24.3 Å². The molecular formula is C29H41NO5S. The third-order valence-corrected chi connectivity index (χ3v) is 8.21. The standard InChI is InChI=1S/C29H41NO5S/c1-23(2)35-29(31)21-18-25-12-8-9-15-28(25)34-22-10-4-5-11-24-16-19-26(20-17-24)30-36(32,33)27-13-6-3-7-14-27/h3,6-9,12-15,23-24,26,30H,4-5,10-11,16-22H2,1-2H3. The van der Waals surface area contributed by atoms with E-state index in [9.17, 15) is 13.2 Å². The Balaban J connectivity index is 1.29. The second-order valence-electron chi connectivity index (χ2n) is 10.00. The average Bonchev–Trinajstić information content (AvgIpc) is 2.86. The van der Waals surface area contributed by atoms with Crippen LogP contribution in [0, 0.1) is 5.92 Å². The fraction of sp³-hybridized carbons (Fsp3) is 0.552. The number of esters is 1. The predicted octanol–water partition coefficient (Wildman–Crippen LogP) is 6.05. The molecule has 0 heterocycles. The SMILES string of the molecule is CC(C)OC(=O)CCc1ccccc1OCCCCCC1CCC(NS(=O)(=O)c2ccccc2)CC1. The largest absolute Gasteiger partial charge is 0.493 e. The van der Waals surface area contributed by atoms with Crippen molar-refractivity contribution in [3.63, 3.8) is 0 Å². The number of rotatable bonds is 14. The average molecular weight is 516 g/mol. The maximum Gasteiger partial charge on any atom is 0.306 e. The summed E-state index contributed by atoms with van der Waals surface area (Å²) in [6, 6.07) is 16.5. The third-order valence-electron chi connectivity index (χ3n) is 6.67. The number of aryl methyl sites for hydroxylation is 1. The number of sulfonamides is 1. The van der Waals surface area contributed by atoms with Crippen LogP contribution in [0.5, 0.6) is 5.75 Å². The van der Waals surface area contributed by atoms with Crippen LogP contribution >= 0.6 is 0 Å². The molecular weight excluding hydrogens is 474 g/mol. The van der Waals surface area contributed by atoms with Crippen molar-refractivity contribution in [2.75, 3.05) is 6.61 Å². The molecule has 3 rings (SSSR count). The Hall–Kier alpha value is -2.38. The van der Waals surface area contributed by atoms with E-state index in [1.807, 2.05) is 44.2 Å². The van der Waals surface area contributed by atoms with E-state index in [1.165, 1.54) is 6.42 Å². The van der Waals surface area contributed by atoms with Crippen molar-refractivity contribution in [3.05, 3.63) is 60.2 Å². The summed E-state index contributed by atoms with van der Waals surface area (Å²) < 4.78 is 39.2. The minimum Gasteiger partial charge on any atom is -0.493 e. The Morgan fingerprint density at radius 2 is 1.64 bits per heavy atom. The fourth-order valence-electron chi connectivity index (χ4n) is 4.76. The molecule has 36 heavy (non-hydrogen) atoms. The topological polar surface area (TPSA) is 81.7 Å². The van der Waals surface area contributed by atoms with E-state index in [-0.39, 0.29) is 18.1 Å². The van der Waals surface area contributed by atoms with Gasteiger partial charge in [-0.25, -0.2) is 13.1 Å². The van der Waals surface area contributed by atoms with Crippen molar-refractivity contribution >= 4 is 16.0 Å². The molecule has 0 unspecified atom stereocenters. The first-order chi connectivity index (χ1) is 17.3. The van der Waals surface area contributed by atoms with E-state index >= 15 is 0 Å². The highest BCUT2D eigenvalue weighted by atomic mass is 32.2. The maximum absolute atomic E-state index is 12.5. The summed E-state index contributed by atoms with van der Waals surface area (Å²) in [6.45, 7) is 4.38. The number of hydrogen-bond acceptors (Lipinski definition) is 5. The molecule has 0 amide bonds. The van der Waals surface area contributed by atoms with Crippen molar-refractivity contribution in [2.45, 2.75) is 95.1 Å². The molecule has 0 bridgehead atoms. The first-order valence-corrected chi connectivity index (χ1v) is 14.8. The molecule has 1 saturated carbocycles. The van der Waals surface area contributed by atoms with E-state index in [4.69, 9.17) is 9.47 Å². The predicted molar refractivity (Wildman–Crippen MR) is 142 cm³/mol. The quantitative estimate of drug-likeness (QED) is 0.245. The van der Waals surface area contributed by atoms with E-state index in [0.29, 0.717) is 30.3 Å². The second kappa shape index (κ2) is 14.4. The van der Waals surface area contributed by atoms with E-state index in [0.717, 1.165) is 56.3 Å². The highest BCUT2D eigenvalue weighted by Gasteiger charge is 2.25. The fourth-order valence-corrected chi connectivity index (χ4v) is 6.09. The maximum atomic E-state index is 12.5. The van der Waals surface area contributed by atoms with Crippen molar-refractivity contribution in [3.8, 4) is 5.75 Å². The number of hydrogen-bond donors (Lipinski definition) is 1. The van der Waals surface area contributed by atoms with Gasteiger partial charge in [0.15, 0.2) is 0 Å². The first kappa shape index (κ1) is 28.2. The molecule has 0 spiro atoms. The lowest BCUT2D eigenvalue weighted by Crippen LogP contribution is -2.37. The lowest BCUT2D eigenvalue weighted by atomic mass is 9.83. The third kappa shape index (κ3) is 9.58. The Labute approximate surface area is 216 Å². The van der Waals surface area contributed by atoms with Gasteiger partial charge in [0.2, 0.25) is 10.0 Å². The monoisotopic (exact) mass is 515 g/mol. The molecule has 1 aliphatic rings. The molecule has 0 saturated heterocycles. The lowest BCUT2D eigenvalue weighted by Gasteiger charge is -2.29. The van der Waals surface area contributed by atoms with Gasteiger partial charge in [-0.3, -0.25) is 4.79 Å². The number of unbranched alkanes of at least 4 members (excludes halogenated alkanes) is 2. The molecule has 1 aliphatic carbocycles. The van der Waals surface area contributed by atoms with Gasteiger partial charge in [0.05, 0.1) is 17.6 Å². The van der Waals surface area contributed by atoms with Crippen LogP contribution in [0.15, 0.2) is 59.5 Å². The normalized spacial score (nSPS) is 18.2. The van der Waals surface area contributed by atoms with Crippen molar-refractivity contribution in [2.24, 2.45) is 5.92 Å². The van der Waals surface area contributed by atoms with Gasteiger partial charge in [0.25, 0.3) is 0 Å². The molecule has 1 fully saturated rings. The number of nitrogens with one attached hydrogen (secondary N) is 1. The zero-order chi connectivity index (χ0) is 25.8. The molecule has 0 atom stereocenters. The number of carbonyl (C=O) groups is 1. The molecule has 2 aromatic rings. The smallest absolute Gasteiger partial charge is 0.306 e. The molecule has 0 aromatic heterocycles. The van der Waals surface area contributed by atoms with E-state index in [2.05, 4.69) is 4.72 Å². The van der Waals surface area contributed by atoms with E-state index < -0.39 is 10.0 Å². The van der Waals surface area contributed by atoms with Crippen LogP contribution in [-0.4, -0.2) is 33.1 Å². The Morgan fingerprint density at radius 1 is 0.944 bits per heavy atom. The molecule has 198 valence electrons. The lowest BCUT2D eigenvalue weighted by molar-refractivity contribution is -0.147. The van der Waals surface area contributed by atoms with Crippen molar-refractivity contribution in [1.29, 1.82) is 0 Å². The van der Waals surface area contributed by atoms with Gasteiger partial charge in [-0.1, -0.05) is 55.7 Å². The molecule has 1 N–H and O–H groups in total. The Morgan fingerprint density at radius 3 is 2.36 bits per heavy atom. The van der Waals surface area contributed by atoms with Crippen LogP contribution in [-0.2, 0) is 26.0 Å². The molecule has 0 aliphatic heterocycles. The Bertz CT molecular complexity index is 1030. The van der Waals surface area contributed by atoms with Gasteiger partial charge in [-0.15, -0.1) is 0 Å². The minimum absolute atomic E-state index is 0.0344. The zero-order valence-electron chi connectivity index (χ0n) is 21.7. The molecule has 6 nitrogen and oxygen atoms in total. The summed E-state index contributed by atoms with van der Waals surface area (Å²) in [6.07, 6.45) is 9.30. The van der Waals surface area contributed by atoms with Gasteiger partial charge in [0, 0.05) is 12.5 Å². The summed E-state index contributed by atoms with van der Waals surface area (Å²) >= 11 is 0. The second-order valence-corrected chi connectivity index (χ2v) is 11.7. The van der Waals surface area contributed by atoms with Crippen LogP contribution < -0.4 is 9.46 Å². The minimum atomic E-state index is -3.43. The van der Waals surface area contributed by atoms with Gasteiger partial charge in [0.1, 0.15) is 5.75 Å². The molecule has 0 radical (unpaired) electrons. The number of para-hydroxylation sites is 1. The number of carbonyl (C=O) groups excluding carboxylic acids is 1. The van der Waals surface area contributed by atoms with Crippen LogP contribution in [0.25, 0.3) is 0 Å². The van der Waals surface area contributed by atoms with Gasteiger partial charge >= 0.3 is 5.97 Å². The van der Waals surface area contributed by atoms with Gasteiger partial charge in [-0.2, -0.15) is 0 Å². The molecule has 7 heteroatoms. The zero-order valence-corrected chi connectivity index (χ0v) is 22.5. The van der Waals surface area contributed by atoms with Crippen LogP contribution in [0.4, 0.5) is 0 Å². The summed E-state index contributed by atoms with van der Waals surface area (Å²) in [7, 11) is -3.43. The van der Waals surface area contributed by atoms with Gasteiger partial charge in [-0.05, 0) is 82.1 Å². The Kier molecular flexibility index (Phi) is 11.3. The first-order valence-electron chi connectivity index (χ1n) is 13.3. The van der Waals surface area contributed by atoms with Crippen LogP contribution in [0.2, 0.25) is 0 Å². The van der Waals surface area contributed by atoms with Crippen LogP contribution in [0.3, 0.4) is 0 Å².